The second-order valence-electron chi connectivity index (χ2n) is 4.64. The number of hydrogen-bond acceptors (Lipinski definition) is 6. The van der Waals surface area contributed by atoms with Crippen molar-refractivity contribution >= 4 is 11.9 Å². The van der Waals surface area contributed by atoms with E-state index in [0.717, 1.165) is 13.1 Å². The summed E-state index contributed by atoms with van der Waals surface area (Å²) in [5.74, 6) is 1.19. The van der Waals surface area contributed by atoms with E-state index in [1.54, 1.807) is 19.2 Å². The van der Waals surface area contributed by atoms with E-state index >= 15 is 0 Å². The number of morpholine rings is 1. The fourth-order valence-corrected chi connectivity index (χ4v) is 2.14. The highest BCUT2D eigenvalue weighted by atomic mass is 19.1. The third-order valence-electron chi connectivity index (χ3n) is 3.22. The van der Waals surface area contributed by atoms with Crippen LogP contribution in [0.1, 0.15) is 0 Å². The number of aromatic nitrogens is 3. The Bertz CT molecular complexity index is 631. The van der Waals surface area contributed by atoms with Crippen LogP contribution in [-0.4, -0.2) is 48.3 Å². The largest absolute Gasteiger partial charge is 0.378 e. The van der Waals surface area contributed by atoms with E-state index in [1.165, 1.54) is 12.1 Å². The van der Waals surface area contributed by atoms with E-state index in [-0.39, 0.29) is 5.82 Å². The molecule has 2 aromatic rings. The van der Waals surface area contributed by atoms with Crippen LogP contribution in [0.2, 0.25) is 0 Å². The van der Waals surface area contributed by atoms with Gasteiger partial charge in [0.1, 0.15) is 5.82 Å². The molecule has 7 heteroatoms. The van der Waals surface area contributed by atoms with Crippen molar-refractivity contribution in [1.29, 1.82) is 0 Å². The molecule has 1 aromatic carbocycles. The number of benzene rings is 1. The lowest BCUT2D eigenvalue weighted by molar-refractivity contribution is 0.122. The molecule has 1 N–H and O–H groups in total. The number of halogens is 1. The Morgan fingerprint density at radius 3 is 2.71 bits per heavy atom. The van der Waals surface area contributed by atoms with Gasteiger partial charge < -0.3 is 15.0 Å². The molecule has 0 saturated carbocycles. The van der Waals surface area contributed by atoms with E-state index in [9.17, 15) is 4.39 Å². The van der Waals surface area contributed by atoms with E-state index < -0.39 is 0 Å². The molecule has 0 spiro atoms. The first-order valence-corrected chi connectivity index (χ1v) is 6.79. The number of rotatable bonds is 3. The highest BCUT2D eigenvalue weighted by Gasteiger charge is 2.17. The van der Waals surface area contributed by atoms with Crippen LogP contribution in [0.15, 0.2) is 24.3 Å². The molecule has 1 aliphatic heterocycles. The summed E-state index contributed by atoms with van der Waals surface area (Å²) < 4.78 is 18.7. The van der Waals surface area contributed by atoms with Crippen molar-refractivity contribution in [2.75, 3.05) is 43.6 Å². The molecule has 0 amide bonds. The highest BCUT2D eigenvalue weighted by Crippen LogP contribution is 2.20. The summed E-state index contributed by atoms with van der Waals surface area (Å²) in [5.41, 5.74) is 0.628. The topological polar surface area (TPSA) is 63.2 Å². The molecule has 6 nitrogen and oxygen atoms in total. The molecule has 2 heterocycles. The molecule has 1 fully saturated rings. The third kappa shape index (κ3) is 3.08. The van der Waals surface area contributed by atoms with E-state index in [1.807, 2.05) is 4.90 Å². The van der Waals surface area contributed by atoms with Crippen molar-refractivity contribution in [1.82, 2.24) is 15.0 Å². The zero-order valence-corrected chi connectivity index (χ0v) is 11.7. The van der Waals surface area contributed by atoms with Crippen molar-refractivity contribution < 1.29 is 9.13 Å². The van der Waals surface area contributed by atoms with E-state index in [0.29, 0.717) is 36.5 Å². The van der Waals surface area contributed by atoms with Gasteiger partial charge in [-0.15, -0.1) is 0 Å². The molecular weight excluding hydrogens is 273 g/mol. The normalized spacial score (nSPS) is 15.0. The van der Waals surface area contributed by atoms with Crippen LogP contribution in [0.5, 0.6) is 0 Å². The summed E-state index contributed by atoms with van der Waals surface area (Å²) in [6.07, 6.45) is 0. The lowest BCUT2D eigenvalue weighted by Crippen LogP contribution is -2.37. The van der Waals surface area contributed by atoms with Crippen LogP contribution in [-0.2, 0) is 4.74 Å². The van der Waals surface area contributed by atoms with Crippen LogP contribution in [0.25, 0.3) is 11.4 Å². The summed E-state index contributed by atoms with van der Waals surface area (Å²) in [4.78, 5) is 15.2. The van der Waals surface area contributed by atoms with E-state index in [4.69, 9.17) is 4.74 Å². The fourth-order valence-electron chi connectivity index (χ4n) is 2.14. The van der Waals surface area contributed by atoms with Crippen molar-refractivity contribution in [3.8, 4) is 11.4 Å². The Kier molecular flexibility index (Phi) is 3.92. The van der Waals surface area contributed by atoms with Crippen LogP contribution in [0.3, 0.4) is 0 Å². The summed E-state index contributed by atoms with van der Waals surface area (Å²) >= 11 is 0. The molecule has 0 unspecified atom stereocenters. The van der Waals surface area contributed by atoms with Gasteiger partial charge in [-0.25, -0.2) is 4.39 Å². The maximum atomic E-state index is 13.4. The predicted octanol–water partition coefficient (Wildman–Crippen LogP) is 1.56. The molecule has 3 rings (SSSR count). The Labute approximate surface area is 122 Å². The molecule has 1 saturated heterocycles. The molecule has 1 aliphatic rings. The number of nitrogens with one attached hydrogen (secondary N) is 1. The Hall–Kier alpha value is -2.28. The smallest absolute Gasteiger partial charge is 0.230 e. The van der Waals surface area contributed by atoms with Crippen LogP contribution in [0.4, 0.5) is 16.3 Å². The van der Waals surface area contributed by atoms with Crippen LogP contribution >= 0.6 is 0 Å². The SMILES string of the molecule is CNc1nc(-c2cccc(F)c2)nc(N2CCOCC2)n1. The number of hydrogen-bond donors (Lipinski definition) is 1. The van der Waals surface area contributed by atoms with E-state index in [2.05, 4.69) is 20.3 Å². The van der Waals surface area contributed by atoms with Gasteiger partial charge in [0.2, 0.25) is 11.9 Å². The van der Waals surface area contributed by atoms with Crippen LogP contribution < -0.4 is 10.2 Å². The predicted molar refractivity (Wildman–Crippen MR) is 77.8 cm³/mol. The van der Waals surface area contributed by atoms with Gasteiger partial charge in [0.25, 0.3) is 0 Å². The minimum absolute atomic E-state index is 0.313. The number of anilines is 2. The highest BCUT2D eigenvalue weighted by molar-refractivity contribution is 5.58. The molecule has 0 radical (unpaired) electrons. The fraction of sp³-hybridized carbons (Fsp3) is 0.357. The average molecular weight is 289 g/mol. The summed E-state index contributed by atoms with van der Waals surface area (Å²) in [5, 5.41) is 2.92. The molecular formula is C14H16FN5O. The summed E-state index contributed by atoms with van der Waals surface area (Å²) in [6, 6.07) is 6.23. The molecule has 0 atom stereocenters. The van der Waals surface area contributed by atoms with Gasteiger partial charge >= 0.3 is 0 Å². The second-order valence-corrected chi connectivity index (χ2v) is 4.64. The molecule has 110 valence electrons. The van der Waals surface area contributed by atoms with Gasteiger partial charge in [-0.1, -0.05) is 12.1 Å². The van der Waals surface area contributed by atoms with Gasteiger partial charge in [0.05, 0.1) is 13.2 Å². The van der Waals surface area contributed by atoms with Gasteiger partial charge in [0.15, 0.2) is 5.82 Å². The first kappa shape index (κ1) is 13.7. The molecule has 21 heavy (non-hydrogen) atoms. The van der Waals surface area contributed by atoms with Crippen LogP contribution in [0, 0.1) is 5.82 Å². The second kappa shape index (κ2) is 6.01. The third-order valence-corrected chi connectivity index (χ3v) is 3.22. The Morgan fingerprint density at radius 1 is 1.19 bits per heavy atom. The Morgan fingerprint density at radius 2 is 2.00 bits per heavy atom. The zero-order valence-electron chi connectivity index (χ0n) is 11.7. The average Bonchev–Trinajstić information content (AvgIpc) is 2.55. The maximum absolute atomic E-state index is 13.4. The standard InChI is InChI=1S/C14H16FN5O/c1-16-13-17-12(10-3-2-4-11(15)9-10)18-14(19-13)20-5-7-21-8-6-20/h2-4,9H,5-8H2,1H3,(H,16,17,18,19). The first-order valence-electron chi connectivity index (χ1n) is 6.79. The monoisotopic (exact) mass is 289 g/mol. The van der Waals surface area contributed by atoms with Crippen molar-refractivity contribution in [2.24, 2.45) is 0 Å². The quantitative estimate of drug-likeness (QED) is 0.925. The first-order chi connectivity index (χ1) is 10.3. The molecule has 0 aliphatic carbocycles. The van der Waals surface area contributed by atoms with Gasteiger partial charge in [-0.3, -0.25) is 0 Å². The van der Waals surface area contributed by atoms with Crippen molar-refractivity contribution in [3.63, 3.8) is 0 Å². The molecule has 0 bridgehead atoms. The number of ether oxygens (including phenoxy) is 1. The number of nitrogens with zero attached hydrogens (tertiary/aromatic N) is 4. The summed E-state index contributed by atoms with van der Waals surface area (Å²) in [6.45, 7) is 2.76. The van der Waals surface area contributed by atoms with Gasteiger partial charge in [-0.05, 0) is 12.1 Å². The zero-order chi connectivity index (χ0) is 14.7. The Balaban J connectivity index is 2.00. The summed E-state index contributed by atoms with van der Waals surface area (Å²) in [7, 11) is 1.74. The minimum atomic E-state index is -0.313. The maximum Gasteiger partial charge on any atom is 0.230 e. The molecule has 1 aromatic heterocycles. The van der Waals surface area contributed by atoms with Gasteiger partial charge in [0, 0.05) is 25.7 Å². The lowest BCUT2D eigenvalue weighted by atomic mass is 10.2. The van der Waals surface area contributed by atoms with Gasteiger partial charge in [-0.2, -0.15) is 15.0 Å². The minimum Gasteiger partial charge on any atom is -0.378 e. The lowest BCUT2D eigenvalue weighted by Gasteiger charge is -2.27. The van der Waals surface area contributed by atoms with Crippen molar-refractivity contribution in [2.45, 2.75) is 0 Å². The van der Waals surface area contributed by atoms with Crippen molar-refractivity contribution in [3.05, 3.63) is 30.1 Å².